The zero-order chi connectivity index (χ0) is 30.1. The quantitative estimate of drug-likeness (QED) is 0.143. The van der Waals surface area contributed by atoms with E-state index in [-0.39, 0.29) is 55.6 Å². The van der Waals surface area contributed by atoms with Crippen LogP contribution in [0.3, 0.4) is 0 Å². The van der Waals surface area contributed by atoms with Gasteiger partial charge in [-0.25, -0.2) is 19.2 Å². The number of esters is 4. The molecule has 0 saturated heterocycles. The monoisotopic (exact) mass is 582 g/mol. The second kappa shape index (κ2) is 9.13. The van der Waals surface area contributed by atoms with Crippen molar-refractivity contribution in [1.82, 2.24) is 0 Å². The first-order valence-electron chi connectivity index (χ1n) is 12.0. The molecule has 12 heteroatoms. The predicted molar refractivity (Wildman–Crippen MR) is 132 cm³/mol. The van der Waals surface area contributed by atoms with E-state index in [0.717, 1.165) is 48.5 Å². The lowest BCUT2D eigenvalue weighted by molar-refractivity contribution is -0.138. The number of benzene rings is 4. The van der Waals surface area contributed by atoms with Crippen LogP contribution < -0.4 is 0 Å². The van der Waals surface area contributed by atoms with Crippen LogP contribution in [0, 0.1) is 0 Å². The van der Waals surface area contributed by atoms with Gasteiger partial charge in [-0.2, -0.15) is 26.3 Å². The summed E-state index contributed by atoms with van der Waals surface area (Å²) in [5.74, 6) is -3.97. The summed E-state index contributed by atoms with van der Waals surface area (Å²) in [7, 11) is 0. The number of hydrogen-bond donors (Lipinski definition) is 0. The number of cyclic esters (lactones) is 4. The Hall–Kier alpha value is -5.26. The van der Waals surface area contributed by atoms with Gasteiger partial charge in [0.2, 0.25) is 0 Å². The summed E-state index contributed by atoms with van der Waals surface area (Å²) < 4.78 is 88.8. The summed E-state index contributed by atoms with van der Waals surface area (Å²) >= 11 is 0. The van der Waals surface area contributed by atoms with Crippen LogP contribution in [-0.4, -0.2) is 23.9 Å². The molecule has 6 rings (SSSR count). The van der Waals surface area contributed by atoms with Crippen molar-refractivity contribution in [3.8, 4) is 33.4 Å². The molecule has 0 amide bonds. The van der Waals surface area contributed by atoms with E-state index in [4.69, 9.17) is 9.47 Å². The molecule has 0 spiro atoms. The van der Waals surface area contributed by atoms with Crippen LogP contribution in [0.4, 0.5) is 26.3 Å². The van der Waals surface area contributed by atoms with E-state index in [9.17, 15) is 45.5 Å². The smallest absolute Gasteiger partial charge is 0.386 e. The highest BCUT2D eigenvalue weighted by molar-refractivity contribution is 6.18. The van der Waals surface area contributed by atoms with Gasteiger partial charge in [0.15, 0.2) is 0 Å². The lowest BCUT2D eigenvalue weighted by atomic mass is 9.85. The molecule has 2 heterocycles. The molecule has 0 unspecified atom stereocenters. The molecule has 0 bridgehead atoms. The van der Waals surface area contributed by atoms with E-state index < -0.39 is 47.4 Å². The number of alkyl halides is 6. The fourth-order valence-corrected chi connectivity index (χ4v) is 4.86. The number of hydrogen-bond acceptors (Lipinski definition) is 6. The van der Waals surface area contributed by atoms with Crippen LogP contribution in [0.5, 0.6) is 0 Å². The number of fused-ring (bicyclic) bond motifs is 2. The van der Waals surface area contributed by atoms with Gasteiger partial charge in [0.1, 0.15) is 0 Å². The van der Waals surface area contributed by atoms with Gasteiger partial charge < -0.3 is 9.47 Å². The molecule has 42 heavy (non-hydrogen) atoms. The third-order valence-electron chi connectivity index (χ3n) is 6.90. The molecule has 4 aromatic rings. The summed E-state index contributed by atoms with van der Waals surface area (Å²) in [5, 5.41) is 0. The van der Waals surface area contributed by atoms with Crippen LogP contribution in [-0.2, 0) is 21.8 Å². The summed E-state index contributed by atoms with van der Waals surface area (Å²) in [6.45, 7) is 0. The maximum atomic E-state index is 13.2. The van der Waals surface area contributed by atoms with Crippen molar-refractivity contribution in [3.05, 3.63) is 106 Å². The second-order valence-electron chi connectivity index (χ2n) is 9.39. The molecule has 0 aliphatic carbocycles. The standard InChI is InChI=1S/C30H12F6O6/c31-29(32,33)15-5-1-13(2-6-15)17-9-21-23(27(39)41-25(21)37)11-19(17)20-12-24-22(26(38)42-28(24)40)10-18(20)14-3-7-16(8-4-14)30(34,35)36/h1-12H. The minimum absolute atomic E-state index is 0.116. The van der Waals surface area contributed by atoms with Crippen LogP contribution in [0.2, 0.25) is 0 Å². The van der Waals surface area contributed by atoms with Crippen molar-refractivity contribution in [2.45, 2.75) is 12.4 Å². The predicted octanol–water partition coefficient (Wildman–Crippen LogP) is 7.35. The molecule has 2 aliphatic heterocycles. The largest absolute Gasteiger partial charge is 0.416 e. The van der Waals surface area contributed by atoms with Gasteiger partial charge in [0, 0.05) is 0 Å². The lowest BCUT2D eigenvalue weighted by Crippen LogP contribution is -2.05. The Kier molecular flexibility index (Phi) is 5.85. The number of rotatable bonds is 3. The Morgan fingerprint density at radius 3 is 0.905 bits per heavy atom. The van der Waals surface area contributed by atoms with Crippen molar-refractivity contribution in [3.63, 3.8) is 0 Å². The average molecular weight is 582 g/mol. The van der Waals surface area contributed by atoms with Crippen molar-refractivity contribution in [2.75, 3.05) is 0 Å². The molecular formula is C30H12F6O6. The van der Waals surface area contributed by atoms with Gasteiger partial charge >= 0.3 is 36.2 Å². The van der Waals surface area contributed by atoms with Crippen molar-refractivity contribution < 1.29 is 55.0 Å². The van der Waals surface area contributed by atoms with E-state index in [1.165, 1.54) is 24.3 Å². The van der Waals surface area contributed by atoms with E-state index >= 15 is 0 Å². The second-order valence-corrected chi connectivity index (χ2v) is 9.39. The molecule has 210 valence electrons. The third kappa shape index (κ3) is 4.41. The summed E-state index contributed by atoms with van der Waals surface area (Å²) in [4.78, 5) is 49.6. The first-order valence-corrected chi connectivity index (χ1v) is 12.0. The average Bonchev–Trinajstić information content (AvgIpc) is 3.38. The molecule has 4 aromatic carbocycles. The highest BCUT2D eigenvalue weighted by Crippen LogP contribution is 2.44. The maximum Gasteiger partial charge on any atom is 0.416 e. The van der Waals surface area contributed by atoms with E-state index in [1.807, 2.05) is 0 Å². The minimum atomic E-state index is -4.64. The highest BCUT2D eigenvalue weighted by Gasteiger charge is 2.36. The minimum Gasteiger partial charge on any atom is -0.386 e. The first kappa shape index (κ1) is 26.9. The van der Waals surface area contributed by atoms with Gasteiger partial charge in [-0.1, -0.05) is 24.3 Å². The Bertz CT molecular complexity index is 1720. The van der Waals surface area contributed by atoms with E-state index in [2.05, 4.69) is 0 Å². The molecule has 0 N–H and O–H groups in total. The van der Waals surface area contributed by atoms with Gasteiger partial charge in [-0.05, 0) is 81.9 Å². The molecule has 0 atom stereocenters. The summed E-state index contributed by atoms with van der Waals surface area (Å²) in [6, 6.07) is 12.8. The Balaban J connectivity index is 1.64. The molecule has 6 nitrogen and oxygen atoms in total. The Labute approximate surface area is 231 Å². The lowest BCUT2D eigenvalue weighted by Gasteiger charge is -2.17. The summed E-state index contributed by atoms with van der Waals surface area (Å²) in [6.07, 6.45) is -9.28. The number of carbonyl (C=O) groups excluding carboxylic acids is 4. The highest BCUT2D eigenvalue weighted by atomic mass is 19.4. The van der Waals surface area contributed by atoms with Crippen LogP contribution in [0.15, 0.2) is 72.8 Å². The summed E-state index contributed by atoms with van der Waals surface area (Å²) in [5.41, 5.74) is -1.73. The van der Waals surface area contributed by atoms with Gasteiger partial charge in [-0.3, -0.25) is 0 Å². The zero-order valence-electron chi connectivity index (χ0n) is 20.6. The van der Waals surface area contributed by atoms with Crippen molar-refractivity contribution >= 4 is 23.9 Å². The first-order chi connectivity index (χ1) is 19.7. The van der Waals surface area contributed by atoms with Gasteiger partial charge in [0.05, 0.1) is 33.4 Å². The molecule has 2 aliphatic rings. The van der Waals surface area contributed by atoms with E-state index in [0.29, 0.717) is 0 Å². The molecular weight excluding hydrogens is 570 g/mol. The van der Waals surface area contributed by atoms with Gasteiger partial charge in [-0.15, -0.1) is 0 Å². The van der Waals surface area contributed by atoms with Crippen LogP contribution in [0.1, 0.15) is 52.6 Å². The zero-order valence-corrected chi connectivity index (χ0v) is 20.6. The fourth-order valence-electron chi connectivity index (χ4n) is 4.86. The fraction of sp³-hybridized carbons (Fsp3) is 0.0667. The van der Waals surface area contributed by atoms with Crippen LogP contribution in [0.25, 0.3) is 33.4 Å². The topological polar surface area (TPSA) is 86.7 Å². The van der Waals surface area contributed by atoms with Crippen LogP contribution >= 0.6 is 0 Å². The van der Waals surface area contributed by atoms with Crippen molar-refractivity contribution in [1.29, 1.82) is 0 Å². The SMILES string of the molecule is O=C1OC(=O)c2cc(-c3cc4c(cc3-c3ccc(C(F)(F)F)cc3)C(=O)OC4=O)c(-c3ccc(C(F)(F)F)cc3)cc21. The maximum absolute atomic E-state index is 13.2. The number of halogens is 6. The molecule has 0 saturated carbocycles. The van der Waals surface area contributed by atoms with Gasteiger partial charge in [0.25, 0.3) is 0 Å². The number of carbonyl (C=O) groups is 4. The third-order valence-corrected chi connectivity index (χ3v) is 6.90. The van der Waals surface area contributed by atoms with Crippen molar-refractivity contribution in [2.24, 2.45) is 0 Å². The number of ether oxygens (including phenoxy) is 2. The molecule has 0 aromatic heterocycles. The Morgan fingerprint density at radius 1 is 0.381 bits per heavy atom. The molecule has 0 fully saturated rings. The molecule has 0 radical (unpaired) electrons. The normalized spacial score (nSPS) is 14.5. The Morgan fingerprint density at radius 2 is 0.643 bits per heavy atom. The van der Waals surface area contributed by atoms with E-state index in [1.54, 1.807) is 0 Å².